The molecule has 1 heterocycles. The van der Waals surface area contributed by atoms with Crippen LogP contribution in [-0.2, 0) is 0 Å². The first-order chi connectivity index (χ1) is 9.08. The third-order valence-corrected chi connectivity index (χ3v) is 3.93. The summed E-state index contributed by atoms with van der Waals surface area (Å²) in [6.45, 7) is 10.0. The van der Waals surface area contributed by atoms with Gasteiger partial charge in [0.05, 0.1) is 22.0 Å². The highest BCUT2D eigenvalue weighted by atomic mass is 79.9. The van der Waals surface area contributed by atoms with Gasteiger partial charge in [-0.15, -0.1) is 0 Å². The molecule has 0 radical (unpaired) electrons. The van der Waals surface area contributed by atoms with Crippen molar-refractivity contribution in [2.75, 3.05) is 30.7 Å². The molecule has 0 saturated heterocycles. The minimum absolute atomic E-state index is 0.400. The molecular formula is C14H25BrN4. The summed E-state index contributed by atoms with van der Waals surface area (Å²) in [5.74, 6) is 0. The monoisotopic (exact) mass is 328 g/mol. The molecule has 0 amide bonds. The van der Waals surface area contributed by atoms with E-state index in [9.17, 15) is 0 Å². The topological polar surface area (TPSA) is 54.2 Å². The predicted octanol–water partition coefficient (Wildman–Crippen LogP) is 3.35. The summed E-state index contributed by atoms with van der Waals surface area (Å²) in [7, 11) is 0. The SMILES string of the molecule is CCN(CC)CCCC(C)Nc1c(N)cncc1Br. The zero-order chi connectivity index (χ0) is 14.3. The first kappa shape index (κ1) is 16.2. The second kappa shape index (κ2) is 8.38. The maximum Gasteiger partial charge on any atom is 0.0752 e. The van der Waals surface area contributed by atoms with E-state index in [0.717, 1.165) is 36.2 Å². The molecule has 1 unspecified atom stereocenters. The van der Waals surface area contributed by atoms with E-state index >= 15 is 0 Å². The maximum absolute atomic E-state index is 5.93. The van der Waals surface area contributed by atoms with Gasteiger partial charge < -0.3 is 16.0 Å². The molecule has 1 rings (SSSR count). The van der Waals surface area contributed by atoms with Crippen molar-refractivity contribution in [1.29, 1.82) is 0 Å². The lowest BCUT2D eigenvalue weighted by Gasteiger charge is -2.21. The van der Waals surface area contributed by atoms with Crippen LogP contribution in [0.4, 0.5) is 11.4 Å². The van der Waals surface area contributed by atoms with E-state index in [0.29, 0.717) is 11.7 Å². The highest BCUT2D eigenvalue weighted by molar-refractivity contribution is 9.10. The summed E-state index contributed by atoms with van der Waals surface area (Å²) in [5.41, 5.74) is 7.56. The van der Waals surface area contributed by atoms with Crippen LogP contribution >= 0.6 is 15.9 Å². The molecule has 0 saturated carbocycles. The predicted molar refractivity (Wildman–Crippen MR) is 86.5 cm³/mol. The Bertz CT molecular complexity index is 359. The molecule has 1 atom stereocenters. The van der Waals surface area contributed by atoms with E-state index in [1.165, 1.54) is 6.42 Å². The van der Waals surface area contributed by atoms with Crippen molar-refractivity contribution in [3.63, 3.8) is 0 Å². The molecule has 3 N–H and O–H groups in total. The second-order valence-corrected chi connectivity index (χ2v) is 5.65. The molecule has 0 aliphatic heterocycles. The number of hydrogen-bond acceptors (Lipinski definition) is 4. The van der Waals surface area contributed by atoms with E-state index in [1.807, 2.05) is 0 Å². The fourth-order valence-corrected chi connectivity index (χ4v) is 2.54. The van der Waals surface area contributed by atoms with Crippen LogP contribution in [0.3, 0.4) is 0 Å². The van der Waals surface area contributed by atoms with Crippen molar-refractivity contribution in [2.24, 2.45) is 0 Å². The molecule has 1 aromatic rings. The molecule has 0 aliphatic carbocycles. The van der Waals surface area contributed by atoms with Crippen molar-refractivity contribution >= 4 is 27.3 Å². The quantitative estimate of drug-likeness (QED) is 0.768. The zero-order valence-electron chi connectivity index (χ0n) is 12.1. The minimum atomic E-state index is 0.400. The van der Waals surface area contributed by atoms with Gasteiger partial charge in [0.25, 0.3) is 0 Å². The average molecular weight is 329 g/mol. The average Bonchev–Trinajstić information content (AvgIpc) is 2.39. The summed E-state index contributed by atoms with van der Waals surface area (Å²) in [4.78, 5) is 6.49. The lowest BCUT2D eigenvalue weighted by Crippen LogP contribution is -2.25. The first-order valence-corrected chi connectivity index (χ1v) is 7.75. The van der Waals surface area contributed by atoms with Crippen molar-refractivity contribution in [2.45, 2.75) is 39.7 Å². The second-order valence-electron chi connectivity index (χ2n) is 4.80. The number of anilines is 2. The molecule has 1 aromatic heterocycles. The van der Waals surface area contributed by atoms with Crippen LogP contribution in [0.15, 0.2) is 16.9 Å². The number of nitrogens with zero attached hydrogens (tertiary/aromatic N) is 2. The maximum atomic E-state index is 5.93. The largest absolute Gasteiger partial charge is 0.396 e. The van der Waals surface area contributed by atoms with Crippen LogP contribution in [0.1, 0.15) is 33.6 Å². The van der Waals surface area contributed by atoms with Gasteiger partial charge in [-0.05, 0) is 55.3 Å². The Hall–Kier alpha value is -0.810. The van der Waals surface area contributed by atoms with Crippen molar-refractivity contribution < 1.29 is 0 Å². The molecule has 4 nitrogen and oxygen atoms in total. The van der Waals surface area contributed by atoms with Gasteiger partial charge in [0, 0.05) is 12.2 Å². The van der Waals surface area contributed by atoms with Crippen LogP contribution < -0.4 is 11.1 Å². The number of halogens is 1. The number of rotatable bonds is 8. The van der Waals surface area contributed by atoms with Crippen molar-refractivity contribution in [3.8, 4) is 0 Å². The fraction of sp³-hybridized carbons (Fsp3) is 0.643. The number of nitrogen functional groups attached to an aromatic ring is 1. The molecule has 0 fully saturated rings. The van der Waals surface area contributed by atoms with Gasteiger partial charge in [0.1, 0.15) is 0 Å². The van der Waals surface area contributed by atoms with Crippen LogP contribution in [0.25, 0.3) is 0 Å². The Morgan fingerprint density at radius 1 is 1.37 bits per heavy atom. The summed E-state index contributed by atoms with van der Waals surface area (Å²) >= 11 is 3.48. The standard InChI is InChI=1S/C14H25BrN4/c1-4-19(5-2)8-6-7-11(3)18-14-12(15)9-17-10-13(14)16/h9-11H,4-8,16H2,1-3H3,(H,17,18). The number of aromatic nitrogens is 1. The third-order valence-electron chi connectivity index (χ3n) is 3.33. The molecule has 5 heteroatoms. The number of pyridine rings is 1. The van der Waals surface area contributed by atoms with Gasteiger partial charge >= 0.3 is 0 Å². The third kappa shape index (κ3) is 5.37. The zero-order valence-corrected chi connectivity index (χ0v) is 13.7. The Balaban J connectivity index is 2.41. The summed E-state index contributed by atoms with van der Waals surface area (Å²) < 4.78 is 0.920. The normalized spacial score (nSPS) is 12.7. The number of nitrogens with one attached hydrogen (secondary N) is 1. The smallest absolute Gasteiger partial charge is 0.0752 e. The van der Waals surface area contributed by atoms with Crippen molar-refractivity contribution in [3.05, 3.63) is 16.9 Å². The van der Waals surface area contributed by atoms with Gasteiger partial charge in [-0.3, -0.25) is 4.98 Å². The highest BCUT2D eigenvalue weighted by Gasteiger charge is 2.09. The van der Waals surface area contributed by atoms with Crippen LogP contribution in [0.5, 0.6) is 0 Å². The van der Waals surface area contributed by atoms with Gasteiger partial charge in [-0.1, -0.05) is 13.8 Å². The molecule has 0 aliphatic rings. The van der Waals surface area contributed by atoms with E-state index in [4.69, 9.17) is 5.73 Å². The van der Waals surface area contributed by atoms with Gasteiger partial charge in [0.2, 0.25) is 0 Å². The summed E-state index contributed by atoms with van der Waals surface area (Å²) in [6.07, 6.45) is 5.76. The highest BCUT2D eigenvalue weighted by Crippen LogP contribution is 2.28. The van der Waals surface area contributed by atoms with Gasteiger partial charge in [-0.25, -0.2) is 0 Å². The van der Waals surface area contributed by atoms with E-state index in [2.05, 4.69) is 51.9 Å². The molecule has 0 spiro atoms. The Kier molecular flexibility index (Phi) is 7.16. The molecule has 108 valence electrons. The van der Waals surface area contributed by atoms with E-state index < -0.39 is 0 Å². The first-order valence-electron chi connectivity index (χ1n) is 6.96. The van der Waals surface area contributed by atoms with E-state index in [1.54, 1.807) is 12.4 Å². The minimum Gasteiger partial charge on any atom is -0.396 e. The molecular weight excluding hydrogens is 304 g/mol. The molecule has 0 aromatic carbocycles. The van der Waals surface area contributed by atoms with Crippen LogP contribution in [-0.4, -0.2) is 35.6 Å². The number of hydrogen-bond donors (Lipinski definition) is 2. The summed E-state index contributed by atoms with van der Waals surface area (Å²) in [5, 5.41) is 3.46. The Morgan fingerprint density at radius 2 is 2.05 bits per heavy atom. The van der Waals surface area contributed by atoms with Gasteiger partial charge in [0.15, 0.2) is 0 Å². The Labute approximate surface area is 124 Å². The Morgan fingerprint density at radius 3 is 2.63 bits per heavy atom. The molecule has 19 heavy (non-hydrogen) atoms. The van der Waals surface area contributed by atoms with Crippen molar-refractivity contribution in [1.82, 2.24) is 9.88 Å². The fourth-order valence-electron chi connectivity index (χ4n) is 2.08. The van der Waals surface area contributed by atoms with Crippen LogP contribution in [0.2, 0.25) is 0 Å². The number of nitrogens with two attached hydrogens (primary N) is 1. The molecule has 0 bridgehead atoms. The summed E-state index contributed by atoms with van der Waals surface area (Å²) in [6, 6.07) is 0.400. The lowest BCUT2D eigenvalue weighted by atomic mass is 10.1. The van der Waals surface area contributed by atoms with Crippen LogP contribution in [0, 0.1) is 0 Å². The van der Waals surface area contributed by atoms with E-state index in [-0.39, 0.29) is 0 Å². The van der Waals surface area contributed by atoms with Gasteiger partial charge in [-0.2, -0.15) is 0 Å². The lowest BCUT2D eigenvalue weighted by molar-refractivity contribution is 0.295.